The number of halogens is 1. The maximum Gasteiger partial charge on any atom is 0.0908 e. The third-order valence-corrected chi connectivity index (χ3v) is 4.00. The van der Waals surface area contributed by atoms with Crippen molar-refractivity contribution in [3.8, 4) is 0 Å². The molecule has 1 aromatic carbocycles. The van der Waals surface area contributed by atoms with Gasteiger partial charge < -0.3 is 5.73 Å². The number of rotatable bonds is 3. The van der Waals surface area contributed by atoms with Gasteiger partial charge in [0, 0.05) is 22.6 Å². The van der Waals surface area contributed by atoms with Crippen LogP contribution in [0.5, 0.6) is 0 Å². The number of benzene rings is 1. The molecule has 2 N–H and O–H groups in total. The van der Waals surface area contributed by atoms with Crippen LogP contribution in [0.4, 0.5) is 0 Å². The minimum absolute atomic E-state index is 0.295. The second-order valence-electron chi connectivity index (χ2n) is 4.60. The van der Waals surface area contributed by atoms with Crippen LogP contribution in [0, 0.1) is 0 Å². The fourth-order valence-corrected chi connectivity index (χ4v) is 2.92. The van der Waals surface area contributed by atoms with Gasteiger partial charge in [-0.3, -0.25) is 4.68 Å². The highest BCUT2D eigenvalue weighted by molar-refractivity contribution is 9.10. The molecule has 102 valence electrons. The van der Waals surface area contributed by atoms with Gasteiger partial charge in [-0.1, -0.05) is 18.2 Å². The number of fused-ring (bicyclic) bond motifs is 1. The first-order valence-corrected chi connectivity index (χ1v) is 7.32. The van der Waals surface area contributed by atoms with Gasteiger partial charge in [-0.15, -0.1) is 0 Å². The Morgan fingerprint density at radius 3 is 2.90 bits per heavy atom. The minimum atomic E-state index is -0.295. The molecule has 2 aromatic heterocycles. The quantitative estimate of drug-likeness (QED) is 0.801. The van der Waals surface area contributed by atoms with Crippen LogP contribution in [0.3, 0.4) is 0 Å². The van der Waals surface area contributed by atoms with Crippen molar-refractivity contribution in [3.63, 3.8) is 0 Å². The monoisotopic (exact) mass is 330 g/mol. The van der Waals surface area contributed by atoms with Crippen LogP contribution < -0.4 is 5.73 Å². The maximum atomic E-state index is 6.38. The lowest BCUT2D eigenvalue weighted by Crippen LogP contribution is -2.19. The highest BCUT2D eigenvalue weighted by atomic mass is 79.9. The molecule has 2 heterocycles. The van der Waals surface area contributed by atoms with Gasteiger partial charge in [0.25, 0.3) is 0 Å². The van der Waals surface area contributed by atoms with Crippen LogP contribution in [-0.2, 0) is 6.54 Å². The van der Waals surface area contributed by atoms with Gasteiger partial charge >= 0.3 is 0 Å². The van der Waals surface area contributed by atoms with Crippen LogP contribution in [0.1, 0.15) is 24.4 Å². The van der Waals surface area contributed by atoms with Crippen molar-refractivity contribution in [3.05, 3.63) is 58.5 Å². The molecule has 4 nitrogen and oxygen atoms in total. The number of aryl methyl sites for hydroxylation is 1. The Labute approximate surface area is 125 Å². The number of para-hydroxylation sites is 1. The molecule has 0 aliphatic carbocycles. The molecular weight excluding hydrogens is 316 g/mol. The Bertz CT molecular complexity index is 750. The zero-order chi connectivity index (χ0) is 14.1. The van der Waals surface area contributed by atoms with Crippen molar-refractivity contribution < 1.29 is 0 Å². The van der Waals surface area contributed by atoms with E-state index in [-0.39, 0.29) is 6.04 Å². The Morgan fingerprint density at radius 1 is 1.30 bits per heavy atom. The normalized spacial score (nSPS) is 12.8. The molecule has 0 amide bonds. The third-order valence-electron chi connectivity index (χ3n) is 3.37. The molecule has 0 spiro atoms. The van der Waals surface area contributed by atoms with Crippen LogP contribution in [0.25, 0.3) is 10.9 Å². The zero-order valence-corrected chi connectivity index (χ0v) is 12.7. The van der Waals surface area contributed by atoms with Crippen molar-refractivity contribution in [1.29, 1.82) is 0 Å². The van der Waals surface area contributed by atoms with E-state index in [1.165, 1.54) is 0 Å². The van der Waals surface area contributed by atoms with Gasteiger partial charge in [0.1, 0.15) is 0 Å². The highest BCUT2D eigenvalue weighted by Crippen LogP contribution is 2.28. The van der Waals surface area contributed by atoms with Crippen molar-refractivity contribution in [2.24, 2.45) is 5.73 Å². The van der Waals surface area contributed by atoms with E-state index in [4.69, 9.17) is 10.7 Å². The largest absolute Gasteiger partial charge is 0.318 e. The summed E-state index contributed by atoms with van der Waals surface area (Å²) in [5, 5.41) is 5.36. The molecule has 0 aliphatic rings. The van der Waals surface area contributed by atoms with Crippen LogP contribution in [-0.4, -0.2) is 14.8 Å². The summed E-state index contributed by atoms with van der Waals surface area (Å²) in [4.78, 5) is 4.69. The van der Waals surface area contributed by atoms with E-state index in [1.54, 1.807) is 6.20 Å². The Hall–Kier alpha value is -1.72. The fourth-order valence-electron chi connectivity index (χ4n) is 2.33. The maximum absolute atomic E-state index is 6.38. The number of nitrogens with zero attached hydrogens (tertiary/aromatic N) is 3. The Morgan fingerprint density at radius 2 is 2.10 bits per heavy atom. The summed E-state index contributed by atoms with van der Waals surface area (Å²) < 4.78 is 2.82. The van der Waals surface area contributed by atoms with E-state index < -0.39 is 0 Å². The smallest absolute Gasteiger partial charge is 0.0908 e. The summed E-state index contributed by atoms with van der Waals surface area (Å²) in [6, 6.07) is 11.7. The first kappa shape index (κ1) is 13.3. The first-order chi connectivity index (χ1) is 9.70. The van der Waals surface area contributed by atoms with E-state index in [1.807, 2.05) is 41.9 Å². The molecule has 3 aromatic rings. The molecule has 5 heteroatoms. The molecule has 3 rings (SSSR count). The van der Waals surface area contributed by atoms with E-state index in [2.05, 4.69) is 27.1 Å². The van der Waals surface area contributed by atoms with E-state index in [0.29, 0.717) is 0 Å². The van der Waals surface area contributed by atoms with Crippen LogP contribution in [0.2, 0.25) is 0 Å². The van der Waals surface area contributed by atoms with Crippen molar-refractivity contribution in [1.82, 2.24) is 14.8 Å². The number of hydrogen-bond donors (Lipinski definition) is 1. The van der Waals surface area contributed by atoms with Crippen molar-refractivity contribution >= 4 is 26.8 Å². The van der Waals surface area contributed by atoms with Gasteiger partial charge in [-0.2, -0.15) is 5.10 Å². The second-order valence-corrected chi connectivity index (χ2v) is 5.45. The second kappa shape index (κ2) is 5.34. The molecule has 0 fully saturated rings. The lowest BCUT2D eigenvalue weighted by Gasteiger charge is -2.15. The Balaban J connectivity index is 2.11. The minimum Gasteiger partial charge on any atom is -0.318 e. The zero-order valence-electron chi connectivity index (χ0n) is 11.1. The molecule has 0 saturated carbocycles. The standard InChI is InChI=1S/C15H15BrN4/c1-2-20-13(7-8-18-20)14(17)15-11(16)9-10-5-3-4-6-12(10)19-15/h3-9,14H,2,17H2,1H3. The number of hydrogen-bond acceptors (Lipinski definition) is 3. The van der Waals surface area contributed by atoms with E-state index in [9.17, 15) is 0 Å². The van der Waals surface area contributed by atoms with Crippen LogP contribution >= 0.6 is 15.9 Å². The summed E-state index contributed by atoms with van der Waals surface area (Å²) in [5.41, 5.74) is 9.12. The molecular formula is C15H15BrN4. The average molecular weight is 331 g/mol. The van der Waals surface area contributed by atoms with Gasteiger partial charge in [-0.05, 0) is 41.1 Å². The van der Waals surface area contributed by atoms with Gasteiger partial charge in [0.05, 0.1) is 22.9 Å². The summed E-state index contributed by atoms with van der Waals surface area (Å²) in [6.07, 6.45) is 1.77. The molecule has 0 saturated heterocycles. The van der Waals surface area contributed by atoms with Crippen molar-refractivity contribution in [2.75, 3.05) is 0 Å². The molecule has 0 aliphatic heterocycles. The average Bonchev–Trinajstić information content (AvgIpc) is 2.94. The summed E-state index contributed by atoms with van der Waals surface area (Å²) >= 11 is 3.58. The van der Waals surface area contributed by atoms with Crippen molar-refractivity contribution in [2.45, 2.75) is 19.5 Å². The lowest BCUT2D eigenvalue weighted by molar-refractivity contribution is 0.596. The highest BCUT2D eigenvalue weighted by Gasteiger charge is 2.18. The first-order valence-electron chi connectivity index (χ1n) is 6.53. The summed E-state index contributed by atoms with van der Waals surface area (Å²) in [6.45, 7) is 2.84. The number of nitrogens with two attached hydrogens (primary N) is 1. The summed E-state index contributed by atoms with van der Waals surface area (Å²) in [5.74, 6) is 0. The predicted molar refractivity (Wildman–Crippen MR) is 83.4 cm³/mol. The molecule has 1 unspecified atom stereocenters. The molecule has 1 atom stereocenters. The number of pyridine rings is 1. The summed E-state index contributed by atoms with van der Waals surface area (Å²) in [7, 11) is 0. The molecule has 0 bridgehead atoms. The fraction of sp³-hybridized carbons (Fsp3) is 0.200. The van der Waals surface area contributed by atoms with Gasteiger partial charge in [-0.25, -0.2) is 4.98 Å². The van der Waals surface area contributed by atoms with Gasteiger partial charge in [0.2, 0.25) is 0 Å². The lowest BCUT2D eigenvalue weighted by atomic mass is 10.1. The predicted octanol–water partition coefficient (Wildman–Crippen LogP) is 3.26. The van der Waals surface area contributed by atoms with E-state index >= 15 is 0 Å². The molecule has 20 heavy (non-hydrogen) atoms. The SMILES string of the molecule is CCn1nccc1C(N)c1nc2ccccc2cc1Br. The number of aromatic nitrogens is 3. The van der Waals surface area contributed by atoms with E-state index in [0.717, 1.165) is 33.3 Å². The van der Waals surface area contributed by atoms with Crippen LogP contribution in [0.15, 0.2) is 47.1 Å². The Kier molecular flexibility index (Phi) is 3.54. The van der Waals surface area contributed by atoms with Gasteiger partial charge in [0.15, 0.2) is 0 Å². The topological polar surface area (TPSA) is 56.7 Å². The third kappa shape index (κ3) is 2.23. The molecule has 0 radical (unpaired) electrons.